The van der Waals surface area contributed by atoms with Crippen molar-refractivity contribution in [3.05, 3.63) is 95.6 Å². The van der Waals surface area contributed by atoms with Crippen LogP contribution in [-0.2, 0) is 17.8 Å². The first kappa shape index (κ1) is 20.3. The van der Waals surface area contributed by atoms with Crippen molar-refractivity contribution in [1.82, 2.24) is 0 Å². The standard InChI is InChI=1S/C23H20F2O4/c1-23(22(26)27,29-19-11-12-20(24)21(25)13-19)14-16-7-9-18(10-8-16)28-15-17-5-3-2-4-6-17/h2-13H,14-15H2,1H3,(H,26,27). The predicted molar refractivity (Wildman–Crippen MR) is 104 cm³/mol. The summed E-state index contributed by atoms with van der Waals surface area (Å²) in [6.07, 6.45) is 0.0281. The van der Waals surface area contributed by atoms with Crippen molar-refractivity contribution in [2.24, 2.45) is 0 Å². The molecular formula is C23H20F2O4. The second-order valence-electron chi connectivity index (χ2n) is 6.81. The summed E-state index contributed by atoms with van der Waals surface area (Å²) in [7, 11) is 0. The van der Waals surface area contributed by atoms with Gasteiger partial charge in [-0.15, -0.1) is 0 Å². The van der Waals surface area contributed by atoms with Gasteiger partial charge in [-0.25, -0.2) is 13.6 Å². The largest absolute Gasteiger partial charge is 0.489 e. The van der Waals surface area contributed by atoms with E-state index in [0.29, 0.717) is 17.9 Å². The molecule has 4 nitrogen and oxygen atoms in total. The summed E-state index contributed by atoms with van der Waals surface area (Å²) in [6.45, 7) is 1.81. The Morgan fingerprint density at radius 3 is 2.17 bits per heavy atom. The van der Waals surface area contributed by atoms with E-state index in [1.54, 1.807) is 24.3 Å². The molecule has 3 aromatic rings. The lowest BCUT2D eigenvalue weighted by molar-refractivity contribution is -0.153. The molecule has 0 saturated carbocycles. The minimum atomic E-state index is -1.66. The Morgan fingerprint density at radius 2 is 1.55 bits per heavy atom. The van der Waals surface area contributed by atoms with Crippen LogP contribution in [0.4, 0.5) is 8.78 Å². The molecule has 29 heavy (non-hydrogen) atoms. The molecule has 0 spiro atoms. The molecule has 0 aliphatic carbocycles. The number of rotatable bonds is 8. The highest BCUT2D eigenvalue weighted by atomic mass is 19.2. The van der Waals surface area contributed by atoms with Gasteiger partial charge in [-0.3, -0.25) is 0 Å². The van der Waals surface area contributed by atoms with Gasteiger partial charge in [-0.05, 0) is 42.3 Å². The number of carbonyl (C=O) groups is 1. The first-order valence-corrected chi connectivity index (χ1v) is 8.99. The molecule has 0 amide bonds. The number of carboxylic acids is 1. The van der Waals surface area contributed by atoms with Crippen molar-refractivity contribution in [3.63, 3.8) is 0 Å². The Balaban J connectivity index is 1.68. The molecule has 1 unspecified atom stereocenters. The summed E-state index contributed by atoms with van der Waals surface area (Å²) >= 11 is 0. The van der Waals surface area contributed by atoms with Crippen LogP contribution in [-0.4, -0.2) is 16.7 Å². The van der Waals surface area contributed by atoms with Crippen LogP contribution in [0.15, 0.2) is 72.8 Å². The van der Waals surface area contributed by atoms with Gasteiger partial charge in [-0.2, -0.15) is 0 Å². The van der Waals surface area contributed by atoms with Gasteiger partial charge in [0.25, 0.3) is 0 Å². The van der Waals surface area contributed by atoms with Crippen LogP contribution in [0, 0.1) is 11.6 Å². The molecule has 0 radical (unpaired) electrons. The van der Waals surface area contributed by atoms with E-state index < -0.39 is 23.2 Å². The number of aliphatic carboxylic acids is 1. The highest BCUT2D eigenvalue weighted by Crippen LogP contribution is 2.25. The second-order valence-corrected chi connectivity index (χ2v) is 6.81. The van der Waals surface area contributed by atoms with Gasteiger partial charge < -0.3 is 14.6 Å². The lowest BCUT2D eigenvalue weighted by Crippen LogP contribution is -2.43. The molecule has 0 aliphatic rings. The number of halogens is 2. The monoisotopic (exact) mass is 398 g/mol. The molecule has 3 aromatic carbocycles. The van der Waals surface area contributed by atoms with Gasteiger partial charge in [0.1, 0.15) is 18.1 Å². The SMILES string of the molecule is CC(Cc1ccc(OCc2ccccc2)cc1)(Oc1ccc(F)c(F)c1)C(=O)O. The van der Waals surface area contributed by atoms with E-state index in [1.807, 2.05) is 30.3 Å². The molecule has 0 fully saturated rings. The fourth-order valence-corrected chi connectivity index (χ4v) is 2.79. The molecule has 1 atom stereocenters. The van der Waals surface area contributed by atoms with Crippen LogP contribution in [0.2, 0.25) is 0 Å². The molecule has 150 valence electrons. The summed E-state index contributed by atoms with van der Waals surface area (Å²) in [5.41, 5.74) is 0.0796. The quantitative estimate of drug-likeness (QED) is 0.580. The molecule has 3 rings (SSSR count). The number of carboxylic acid groups (broad SMARTS) is 1. The van der Waals surface area contributed by atoms with Crippen LogP contribution in [0.25, 0.3) is 0 Å². The van der Waals surface area contributed by atoms with Gasteiger partial charge in [0.15, 0.2) is 11.6 Å². The maximum atomic E-state index is 13.4. The summed E-state index contributed by atoms with van der Waals surface area (Å²) < 4.78 is 37.7. The Kier molecular flexibility index (Phi) is 6.12. The number of hydrogen-bond acceptors (Lipinski definition) is 3. The average Bonchev–Trinajstić information content (AvgIpc) is 2.71. The van der Waals surface area contributed by atoms with Crippen molar-refractivity contribution in [1.29, 1.82) is 0 Å². The zero-order valence-corrected chi connectivity index (χ0v) is 15.8. The molecule has 0 saturated heterocycles. The Bertz CT molecular complexity index is 974. The lowest BCUT2D eigenvalue weighted by atomic mass is 9.96. The van der Waals surface area contributed by atoms with Gasteiger partial charge in [-0.1, -0.05) is 42.5 Å². The van der Waals surface area contributed by atoms with E-state index in [1.165, 1.54) is 13.0 Å². The predicted octanol–water partition coefficient (Wildman–Crippen LogP) is 5.01. The van der Waals surface area contributed by atoms with Gasteiger partial charge in [0.05, 0.1) is 0 Å². The number of hydrogen-bond donors (Lipinski definition) is 1. The minimum absolute atomic E-state index is 0.0281. The average molecular weight is 398 g/mol. The third-order valence-corrected chi connectivity index (χ3v) is 4.40. The van der Waals surface area contributed by atoms with E-state index in [4.69, 9.17) is 9.47 Å². The van der Waals surface area contributed by atoms with E-state index >= 15 is 0 Å². The summed E-state index contributed by atoms with van der Waals surface area (Å²) in [5.74, 6) is -2.75. The zero-order valence-electron chi connectivity index (χ0n) is 15.8. The molecular weight excluding hydrogens is 378 g/mol. The van der Waals surface area contributed by atoms with Crippen LogP contribution < -0.4 is 9.47 Å². The molecule has 1 N–H and O–H groups in total. The van der Waals surface area contributed by atoms with Gasteiger partial charge in [0, 0.05) is 12.5 Å². The molecule has 0 bridgehead atoms. The normalized spacial score (nSPS) is 12.8. The van der Waals surface area contributed by atoms with E-state index in [2.05, 4.69) is 0 Å². The minimum Gasteiger partial charge on any atom is -0.489 e. The molecule has 0 aliphatic heterocycles. The fourth-order valence-electron chi connectivity index (χ4n) is 2.79. The smallest absolute Gasteiger partial charge is 0.348 e. The van der Waals surface area contributed by atoms with E-state index in [9.17, 15) is 18.7 Å². The number of ether oxygens (including phenoxy) is 2. The first-order valence-electron chi connectivity index (χ1n) is 8.99. The maximum absolute atomic E-state index is 13.4. The van der Waals surface area contributed by atoms with Crippen molar-refractivity contribution >= 4 is 5.97 Å². The van der Waals surface area contributed by atoms with Gasteiger partial charge in [0.2, 0.25) is 5.60 Å². The highest BCUT2D eigenvalue weighted by Gasteiger charge is 2.36. The molecule has 6 heteroatoms. The zero-order chi connectivity index (χ0) is 20.9. The molecule has 0 heterocycles. The van der Waals surface area contributed by atoms with E-state index in [0.717, 1.165) is 17.7 Å². The Morgan fingerprint density at radius 1 is 0.897 bits per heavy atom. The van der Waals surface area contributed by atoms with Crippen LogP contribution in [0.5, 0.6) is 11.5 Å². The van der Waals surface area contributed by atoms with Crippen molar-refractivity contribution < 1.29 is 28.2 Å². The highest BCUT2D eigenvalue weighted by molar-refractivity contribution is 5.78. The summed E-state index contributed by atoms with van der Waals surface area (Å²) in [5, 5.41) is 9.63. The summed E-state index contributed by atoms with van der Waals surface area (Å²) in [4.78, 5) is 11.8. The third-order valence-electron chi connectivity index (χ3n) is 4.40. The Labute approximate surface area is 167 Å². The topological polar surface area (TPSA) is 55.8 Å². The van der Waals surface area contributed by atoms with Crippen molar-refractivity contribution in [3.8, 4) is 11.5 Å². The van der Waals surface area contributed by atoms with Crippen molar-refractivity contribution in [2.45, 2.75) is 25.6 Å². The van der Waals surface area contributed by atoms with Crippen molar-refractivity contribution in [2.75, 3.05) is 0 Å². The summed E-state index contributed by atoms with van der Waals surface area (Å²) in [6, 6.07) is 19.6. The van der Waals surface area contributed by atoms with Crippen LogP contribution in [0.1, 0.15) is 18.1 Å². The Hall–Kier alpha value is -3.41. The fraction of sp³-hybridized carbons (Fsp3) is 0.174. The van der Waals surface area contributed by atoms with Gasteiger partial charge >= 0.3 is 5.97 Å². The third kappa shape index (κ3) is 5.31. The van der Waals surface area contributed by atoms with Crippen LogP contribution >= 0.6 is 0 Å². The second kappa shape index (κ2) is 8.73. The van der Waals surface area contributed by atoms with Crippen LogP contribution in [0.3, 0.4) is 0 Å². The molecule has 0 aromatic heterocycles. The number of benzene rings is 3. The lowest BCUT2D eigenvalue weighted by Gasteiger charge is -2.26. The van der Waals surface area contributed by atoms with E-state index in [-0.39, 0.29) is 12.2 Å². The maximum Gasteiger partial charge on any atom is 0.348 e. The first-order chi connectivity index (χ1) is 13.9.